The van der Waals surface area contributed by atoms with E-state index in [-0.39, 0.29) is 5.41 Å². The Morgan fingerprint density at radius 1 is 1.35 bits per heavy atom. The molecule has 0 spiro atoms. The Morgan fingerprint density at radius 3 is 2.65 bits per heavy atom. The third-order valence-electron chi connectivity index (χ3n) is 4.73. The van der Waals surface area contributed by atoms with Crippen LogP contribution >= 0.6 is 0 Å². The van der Waals surface area contributed by atoms with Crippen molar-refractivity contribution >= 4 is 0 Å². The summed E-state index contributed by atoms with van der Waals surface area (Å²) in [5.74, 6) is 2.18. The third kappa shape index (κ3) is 3.04. The topological polar surface area (TPSA) is 54.2 Å². The van der Waals surface area contributed by atoms with E-state index >= 15 is 0 Å². The number of nitrogens with zero attached hydrogens (tertiary/aromatic N) is 3. The van der Waals surface area contributed by atoms with E-state index in [9.17, 15) is 0 Å². The lowest BCUT2D eigenvalue weighted by atomic mass is 9.76. The van der Waals surface area contributed by atoms with Crippen molar-refractivity contribution in [2.45, 2.75) is 46.0 Å². The van der Waals surface area contributed by atoms with Crippen LogP contribution in [0.25, 0.3) is 0 Å². The molecule has 1 aromatic heterocycles. The Balaban J connectivity index is 2.04. The van der Waals surface area contributed by atoms with E-state index in [0.29, 0.717) is 5.92 Å². The number of rotatable bonds is 7. The molecule has 1 aliphatic rings. The molecule has 1 N–H and O–H groups in total. The summed E-state index contributed by atoms with van der Waals surface area (Å²) in [5.41, 5.74) is 0.0282. The quantitative estimate of drug-likeness (QED) is 0.826. The maximum atomic E-state index is 5.59. The zero-order valence-electron chi connectivity index (χ0n) is 13.3. The van der Waals surface area contributed by atoms with Crippen molar-refractivity contribution in [3.63, 3.8) is 0 Å². The Labute approximate surface area is 122 Å². The van der Waals surface area contributed by atoms with Crippen LogP contribution in [0, 0.1) is 5.92 Å². The highest BCUT2D eigenvalue weighted by Gasteiger charge is 2.43. The zero-order chi connectivity index (χ0) is 14.6. The molecule has 5 nitrogen and oxygen atoms in total. The number of hydrogen-bond donors (Lipinski definition) is 1. The van der Waals surface area contributed by atoms with Crippen LogP contribution in [0.5, 0.6) is 0 Å². The fourth-order valence-corrected chi connectivity index (χ4v) is 2.99. The van der Waals surface area contributed by atoms with Crippen molar-refractivity contribution in [3.8, 4) is 0 Å². The number of nitrogens with one attached hydrogen (secondary N) is 1. The molecule has 0 radical (unpaired) electrons. The fraction of sp³-hybridized carbons (Fsp3) is 0.867. The summed E-state index contributed by atoms with van der Waals surface area (Å²) in [5, 5.41) is 7.62. The maximum absolute atomic E-state index is 5.59. The van der Waals surface area contributed by atoms with Gasteiger partial charge in [0.15, 0.2) is 5.82 Å². The van der Waals surface area contributed by atoms with Crippen LogP contribution < -0.4 is 5.32 Å². The van der Waals surface area contributed by atoms with Gasteiger partial charge in [-0.1, -0.05) is 32.9 Å². The highest BCUT2D eigenvalue weighted by molar-refractivity contribution is 5.12. The van der Waals surface area contributed by atoms with E-state index in [1.807, 2.05) is 0 Å². The number of likely N-dealkylation sites (N-methyl/N-ethyl adjacent to an activating group) is 1. The molecule has 1 aliphatic heterocycles. The van der Waals surface area contributed by atoms with Crippen LogP contribution in [-0.2, 0) is 11.8 Å². The van der Waals surface area contributed by atoms with Gasteiger partial charge in [-0.25, -0.2) is 0 Å². The second-order valence-corrected chi connectivity index (χ2v) is 6.03. The molecule has 20 heavy (non-hydrogen) atoms. The summed E-state index contributed by atoms with van der Waals surface area (Å²) in [6.45, 7) is 14.0. The van der Waals surface area contributed by atoms with Crippen molar-refractivity contribution in [1.82, 2.24) is 20.4 Å². The lowest BCUT2D eigenvalue weighted by Crippen LogP contribution is -2.35. The third-order valence-corrected chi connectivity index (χ3v) is 4.73. The molecule has 2 heterocycles. The summed E-state index contributed by atoms with van der Waals surface area (Å²) < 4.78 is 5.59. The second kappa shape index (κ2) is 6.68. The molecule has 0 amide bonds. The monoisotopic (exact) mass is 280 g/mol. The molecule has 0 bridgehead atoms. The molecule has 0 aliphatic carbocycles. The summed E-state index contributed by atoms with van der Waals surface area (Å²) in [7, 11) is 0. The molecular formula is C15H28N4O. The predicted molar refractivity (Wildman–Crippen MR) is 79.8 cm³/mol. The van der Waals surface area contributed by atoms with Crippen LogP contribution in [0.15, 0.2) is 4.52 Å². The van der Waals surface area contributed by atoms with Crippen LogP contribution in [-0.4, -0.2) is 47.8 Å². The molecule has 0 aromatic carbocycles. The van der Waals surface area contributed by atoms with Crippen LogP contribution in [0.4, 0.5) is 0 Å². The first-order chi connectivity index (χ1) is 9.62. The average molecular weight is 280 g/mol. The highest BCUT2D eigenvalue weighted by Crippen LogP contribution is 2.36. The van der Waals surface area contributed by atoms with Gasteiger partial charge in [-0.15, -0.1) is 0 Å². The van der Waals surface area contributed by atoms with E-state index in [1.165, 1.54) is 0 Å². The van der Waals surface area contributed by atoms with Gasteiger partial charge in [0, 0.05) is 19.5 Å². The van der Waals surface area contributed by atoms with E-state index in [4.69, 9.17) is 4.52 Å². The van der Waals surface area contributed by atoms with E-state index < -0.39 is 0 Å². The normalized spacial score (nSPS) is 23.1. The van der Waals surface area contributed by atoms with Crippen LogP contribution in [0.1, 0.15) is 45.8 Å². The Kier molecular flexibility index (Phi) is 5.16. The van der Waals surface area contributed by atoms with Gasteiger partial charge in [0.1, 0.15) is 0 Å². The van der Waals surface area contributed by atoms with Gasteiger partial charge in [-0.2, -0.15) is 4.98 Å². The van der Waals surface area contributed by atoms with Crippen molar-refractivity contribution in [2.24, 2.45) is 5.92 Å². The molecular weight excluding hydrogens is 252 g/mol. The minimum atomic E-state index is 0.0282. The fourth-order valence-electron chi connectivity index (χ4n) is 2.99. The van der Waals surface area contributed by atoms with Gasteiger partial charge in [0.25, 0.3) is 0 Å². The molecule has 1 atom stereocenters. The van der Waals surface area contributed by atoms with E-state index in [1.54, 1.807) is 0 Å². The lowest BCUT2D eigenvalue weighted by Gasteiger charge is -2.28. The SMILES string of the molecule is CCN(CC)CCc1noc(C2(C(C)C)CCNC2)n1. The predicted octanol–water partition coefficient (Wildman–Crippen LogP) is 1.84. The first-order valence-corrected chi connectivity index (χ1v) is 7.88. The Bertz CT molecular complexity index is 406. The van der Waals surface area contributed by atoms with Gasteiger partial charge < -0.3 is 14.7 Å². The molecule has 1 fully saturated rings. The van der Waals surface area contributed by atoms with Gasteiger partial charge in [0.05, 0.1) is 5.41 Å². The number of aromatic nitrogens is 2. The smallest absolute Gasteiger partial charge is 0.234 e. The molecule has 5 heteroatoms. The Hall–Kier alpha value is -0.940. The van der Waals surface area contributed by atoms with Crippen molar-refractivity contribution in [2.75, 3.05) is 32.7 Å². The summed E-state index contributed by atoms with van der Waals surface area (Å²) in [4.78, 5) is 7.06. The minimum Gasteiger partial charge on any atom is -0.339 e. The molecule has 1 aromatic rings. The maximum Gasteiger partial charge on any atom is 0.234 e. The van der Waals surface area contributed by atoms with Gasteiger partial charge in [-0.3, -0.25) is 0 Å². The van der Waals surface area contributed by atoms with Crippen molar-refractivity contribution < 1.29 is 4.52 Å². The van der Waals surface area contributed by atoms with Crippen LogP contribution in [0.3, 0.4) is 0 Å². The standard InChI is InChI=1S/C15H28N4O/c1-5-19(6-2)10-7-13-17-14(20-18-13)15(12(3)4)8-9-16-11-15/h12,16H,5-11H2,1-4H3. The second-order valence-electron chi connectivity index (χ2n) is 6.03. The first-order valence-electron chi connectivity index (χ1n) is 7.88. The van der Waals surface area contributed by atoms with E-state index in [2.05, 4.69) is 48.1 Å². The van der Waals surface area contributed by atoms with Gasteiger partial charge in [0.2, 0.25) is 5.89 Å². The lowest BCUT2D eigenvalue weighted by molar-refractivity contribution is 0.233. The van der Waals surface area contributed by atoms with Gasteiger partial charge in [-0.05, 0) is 32.0 Å². The molecule has 114 valence electrons. The summed E-state index contributed by atoms with van der Waals surface area (Å²) >= 11 is 0. The zero-order valence-corrected chi connectivity index (χ0v) is 13.3. The molecule has 0 saturated carbocycles. The Morgan fingerprint density at radius 2 is 2.10 bits per heavy atom. The minimum absolute atomic E-state index is 0.0282. The first kappa shape index (κ1) is 15.4. The molecule has 1 saturated heterocycles. The summed E-state index contributed by atoms with van der Waals surface area (Å²) in [6.07, 6.45) is 1.95. The summed E-state index contributed by atoms with van der Waals surface area (Å²) in [6, 6.07) is 0. The largest absolute Gasteiger partial charge is 0.339 e. The molecule has 1 unspecified atom stereocenters. The van der Waals surface area contributed by atoms with Crippen molar-refractivity contribution in [3.05, 3.63) is 11.7 Å². The van der Waals surface area contributed by atoms with Crippen molar-refractivity contribution in [1.29, 1.82) is 0 Å². The molecule has 2 rings (SSSR count). The highest BCUT2D eigenvalue weighted by atomic mass is 16.5. The van der Waals surface area contributed by atoms with Crippen LogP contribution in [0.2, 0.25) is 0 Å². The number of hydrogen-bond acceptors (Lipinski definition) is 5. The van der Waals surface area contributed by atoms with Gasteiger partial charge >= 0.3 is 0 Å². The van der Waals surface area contributed by atoms with E-state index in [0.717, 1.165) is 57.3 Å². The average Bonchev–Trinajstić information content (AvgIpc) is 3.09.